The van der Waals surface area contributed by atoms with Gasteiger partial charge in [0.05, 0.1) is 5.56 Å². The summed E-state index contributed by atoms with van der Waals surface area (Å²) in [4.78, 5) is 22.7. The molecule has 6 heteroatoms. The smallest absolute Gasteiger partial charge is 0.254 e. The van der Waals surface area contributed by atoms with Crippen LogP contribution in [0.5, 0.6) is 0 Å². The van der Waals surface area contributed by atoms with Gasteiger partial charge in [-0.1, -0.05) is 25.7 Å². The summed E-state index contributed by atoms with van der Waals surface area (Å²) in [5.74, 6) is 0.500. The molecule has 1 aliphatic carbocycles. The van der Waals surface area contributed by atoms with Crippen molar-refractivity contribution in [3.8, 4) is 0 Å². The largest absolute Gasteiger partial charge is 0.353 e. The first kappa shape index (κ1) is 16.7. The molecule has 22 heavy (non-hydrogen) atoms. The van der Waals surface area contributed by atoms with Crippen LogP contribution in [0.4, 0.5) is 5.95 Å². The first-order chi connectivity index (χ1) is 10.6. The number of nitrogens with one attached hydrogen (secondary N) is 2. The second kappa shape index (κ2) is 8.68. The van der Waals surface area contributed by atoms with E-state index in [1.807, 2.05) is 14.1 Å². The van der Waals surface area contributed by atoms with Gasteiger partial charge in [0.15, 0.2) is 0 Å². The normalized spacial score (nSPS) is 16.3. The van der Waals surface area contributed by atoms with Crippen LogP contribution >= 0.6 is 0 Å². The fourth-order valence-corrected chi connectivity index (χ4v) is 2.62. The van der Waals surface area contributed by atoms with Crippen LogP contribution in [0, 0.1) is 0 Å². The van der Waals surface area contributed by atoms with Crippen LogP contribution in [-0.4, -0.2) is 54.0 Å². The van der Waals surface area contributed by atoms with Crippen molar-refractivity contribution in [1.82, 2.24) is 20.2 Å². The van der Waals surface area contributed by atoms with Crippen molar-refractivity contribution in [3.63, 3.8) is 0 Å². The average Bonchev–Trinajstić information content (AvgIpc) is 2.76. The third kappa shape index (κ3) is 5.60. The number of likely N-dealkylation sites (N-methyl/N-ethyl adjacent to an activating group) is 1. The zero-order valence-electron chi connectivity index (χ0n) is 13.6. The predicted molar refractivity (Wildman–Crippen MR) is 88.0 cm³/mol. The fraction of sp³-hybridized carbons (Fsp3) is 0.688. The molecule has 2 rings (SSSR count). The number of nitrogens with zero attached hydrogens (tertiary/aromatic N) is 3. The number of hydrogen-bond acceptors (Lipinski definition) is 5. The van der Waals surface area contributed by atoms with Gasteiger partial charge in [0, 0.05) is 31.5 Å². The predicted octanol–water partition coefficient (Wildman–Crippen LogP) is 1.90. The van der Waals surface area contributed by atoms with E-state index < -0.39 is 0 Å². The molecule has 1 amide bonds. The molecule has 0 bridgehead atoms. The van der Waals surface area contributed by atoms with Crippen LogP contribution in [-0.2, 0) is 0 Å². The molecule has 6 nitrogen and oxygen atoms in total. The zero-order chi connectivity index (χ0) is 15.8. The highest BCUT2D eigenvalue weighted by Gasteiger charge is 2.16. The SMILES string of the molecule is CN(C)CCNc1ncc(C(=O)NC2CCCCCC2)cn1. The first-order valence-corrected chi connectivity index (χ1v) is 8.16. The Balaban J connectivity index is 1.82. The first-order valence-electron chi connectivity index (χ1n) is 8.16. The zero-order valence-corrected chi connectivity index (χ0v) is 13.6. The number of carbonyl (C=O) groups is 1. The molecule has 0 unspecified atom stereocenters. The summed E-state index contributed by atoms with van der Waals surface area (Å²) in [6.07, 6.45) is 10.3. The Morgan fingerprint density at radius 2 is 1.82 bits per heavy atom. The molecule has 122 valence electrons. The molecular weight excluding hydrogens is 278 g/mol. The van der Waals surface area contributed by atoms with E-state index in [-0.39, 0.29) is 5.91 Å². The third-order valence-electron chi connectivity index (χ3n) is 3.95. The molecule has 2 N–H and O–H groups in total. The maximum Gasteiger partial charge on any atom is 0.254 e. The van der Waals surface area contributed by atoms with E-state index in [2.05, 4.69) is 25.5 Å². The summed E-state index contributed by atoms with van der Waals surface area (Å²) in [5.41, 5.74) is 0.530. The molecule has 1 aromatic heterocycles. The quantitative estimate of drug-likeness (QED) is 0.786. The highest BCUT2D eigenvalue weighted by molar-refractivity contribution is 5.93. The van der Waals surface area contributed by atoms with Gasteiger partial charge in [0.25, 0.3) is 5.91 Å². The van der Waals surface area contributed by atoms with Gasteiger partial charge < -0.3 is 15.5 Å². The molecule has 1 fully saturated rings. The molecule has 1 heterocycles. The number of anilines is 1. The summed E-state index contributed by atoms with van der Waals surface area (Å²) in [6.45, 7) is 1.69. The van der Waals surface area contributed by atoms with Crippen LogP contribution in [0.25, 0.3) is 0 Å². The van der Waals surface area contributed by atoms with Crippen LogP contribution in [0.1, 0.15) is 48.9 Å². The highest BCUT2D eigenvalue weighted by atomic mass is 16.1. The van der Waals surface area contributed by atoms with Gasteiger partial charge in [-0.3, -0.25) is 4.79 Å². The number of hydrogen-bond donors (Lipinski definition) is 2. The van der Waals surface area contributed by atoms with Gasteiger partial charge in [0.1, 0.15) is 0 Å². The number of carbonyl (C=O) groups excluding carboxylic acids is 1. The van der Waals surface area contributed by atoms with Gasteiger partial charge in [-0.15, -0.1) is 0 Å². The van der Waals surface area contributed by atoms with E-state index in [1.165, 1.54) is 25.7 Å². The number of aromatic nitrogens is 2. The molecular formula is C16H27N5O. The monoisotopic (exact) mass is 305 g/mol. The summed E-state index contributed by atoms with van der Waals surface area (Å²) in [6, 6.07) is 0.299. The fourth-order valence-electron chi connectivity index (χ4n) is 2.62. The van der Waals surface area contributed by atoms with E-state index in [9.17, 15) is 4.79 Å². The summed E-state index contributed by atoms with van der Waals surface area (Å²) in [5, 5.41) is 6.24. The lowest BCUT2D eigenvalue weighted by molar-refractivity contribution is 0.0932. The van der Waals surface area contributed by atoms with Gasteiger partial charge in [-0.2, -0.15) is 0 Å². The third-order valence-corrected chi connectivity index (χ3v) is 3.95. The van der Waals surface area contributed by atoms with E-state index in [0.29, 0.717) is 17.6 Å². The van der Waals surface area contributed by atoms with Gasteiger partial charge in [0.2, 0.25) is 5.95 Å². The van der Waals surface area contributed by atoms with E-state index in [4.69, 9.17) is 0 Å². The average molecular weight is 305 g/mol. The van der Waals surface area contributed by atoms with Crippen molar-refractivity contribution < 1.29 is 4.79 Å². The Morgan fingerprint density at radius 1 is 1.18 bits per heavy atom. The lowest BCUT2D eigenvalue weighted by Gasteiger charge is -2.16. The van der Waals surface area contributed by atoms with Crippen molar-refractivity contribution >= 4 is 11.9 Å². The van der Waals surface area contributed by atoms with E-state index in [0.717, 1.165) is 25.9 Å². The van der Waals surface area contributed by atoms with Gasteiger partial charge in [-0.25, -0.2) is 9.97 Å². The minimum atomic E-state index is -0.0632. The Bertz CT molecular complexity index is 452. The molecule has 1 aromatic rings. The molecule has 0 aliphatic heterocycles. The van der Waals surface area contributed by atoms with Gasteiger partial charge >= 0.3 is 0 Å². The Morgan fingerprint density at radius 3 is 2.41 bits per heavy atom. The molecule has 0 radical (unpaired) electrons. The van der Waals surface area contributed by atoms with Crippen molar-refractivity contribution in [2.45, 2.75) is 44.6 Å². The van der Waals surface area contributed by atoms with Crippen LogP contribution in [0.3, 0.4) is 0 Å². The molecule has 1 aliphatic rings. The Kier molecular flexibility index (Phi) is 6.58. The molecule has 0 saturated heterocycles. The second-order valence-electron chi connectivity index (χ2n) is 6.19. The van der Waals surface area contributed by atoms with E-state index >= 15 is 0 Å². The lowest BCUT2D eigenvalue weighted by atomic mass is 10.1. The maximum atomic E-state index is 12.2. The number of amides is 1. The highest BCUT2D eigenvalue weighted by Crippen LogP contribution is 2.17. The molecule has 0 spiro atoms. The molecule has 0 aromatic carbocycles. The number of rotatable bonds is 6. The minimum Gasteiger partial charge on any atom is -0.353 e. The van der Waals surface area contributed by atoms with Crippen LogP contribution < -0.4 is 10.6 Å². The Labute approximate surface area is 132 Å². The summed E-state index contributed by atoms with van der Waals surface area (Å²) < 4.78 is 0. The molecule has 1 saturated carbocycles. The van der Waals surface area contributed by atoms with Crippen LogP contribution in [0.2, 0.25) is 0 Å². The van der Waals surface area contributed by atoms with Crippen molar-refractivity contribution in [2.75, 3.05) is 32.5 Å². The second-order valence-corrected chi connectivity index (χ2v) is 6.19. The standard InChI is InChI=1S/C16H27N5O/c1-21(2)10-9-17-16-18-11-13(12-19-16)15(22)20-14-7-5-3-4-6-8-14/h11-12,14H,3-10H2,1-2H3,(H,20,22)(H,17,18,19). The van der Waals surface area contributed by atoms with E-state index in [1.54, 1.807) is 12.4 Å². The summed E-state index contributed by atoms with van der Waals surface area (Å²) >= 11 is 0. The van der Waals surface area contributed by atoms with Gasteiger partial charge in [-0.05, 0) is 26.9 Å². The summed E-state index contributed by atoms with van der Waals surface area (Å²) in [7, 11) is 4.03. The topological polar surface area (TPSA) is 70.2 Å². The molecule has 0 atom stereocenters. The van der Waals surface area contributed by atoms with Crippen molar-refractivity contribution in [2.24, 2.45) is 0 Å². The van der Waals surface area contributed by atoms with Crippen molar-refractivity contribution in [1.29, 1.82) is 0 Å². The van der Waals surface area contributed by atoms with Crippen molar-refractivity contribution in [3.05, 3.63) is 18.0 Å². The lowest BCUT2D eigenvalue weighted by Crippen LogP contribution is -2.34. The maximum absolute atomic E-state index is 12.2. The van der Waals surface area contributed by atoms with Crippen LogP contribution in [0.15, 0.2) is 12.4 Å². The Hall–Kier alpha value is -1.69. The minimum absolute atomic E-state index is 0.0632.